The van der Waals surface area contributed by atoms with Crippen molar-refractivity contribution in [2.75, 3.05) is 6.54 Å². The molecule has 0 saturated carbocycles. The Labute approximate surface area is 56.6 Å². The van der Waals surface area contributed by atoms with Crippen LogP contribution in [0.2, 0.25) is 0 Å². The van der Waals surface area contributed by atoms with Gasteiger partial charge in [-0.1, -0.05) is 6.08 Å². The van der Waals surface area contributed by atoms with Gasteiger partial charge in [0.05, 0.1) is 10.9 Å². The van der Waals surface area contributed by atoms with Gasteiger partial charge in [-0.25, -0.2) is 4.98 Å². The summed E-state index contributed by atoms with van der Waals surface area (Å²) in [4.78, 5) is 8.40. The molecule has 0 radical (unpaired) electrons. The van der Waals surface area contributed by atoms with E-state index in [1.807, 2.05) is 5.51 Å². The lowest BCUT2D eigenvalue weighted by molar-refractivity contribution is 0.964. The van der Waals surface area contributed by atoms with Crippen molar-refractivity contribution in [3.63, 3.8) is 0 Å². The molecule has 0 amide bonds. The summed E-state index contributed by atoms with van der Waals surface area (Å²) in [5.74, 6) is 0. The van der Waals surface area contributed by atoms with Crippen molar-refractivity contribution in [2.24, 2.45) is 4.99 Å². The third-order valence-corrected chi connectivity index (χ3v) is 2.07. The molecule has 1 aliphatic rings. The molecule has 0 fully saturated rings. The van der Waals surface area contributed by atoms with Gasteiger partial charge in [0.15, 0.2) is 0 Å². The van der Waals surface area contributed by atoms with Crippen molar-refractivity contribution >= 4 is 17.4 Å². The number of thiazole rings is 1. The highest BCUT2D eigenvalue weighted by Crippen LogP contribution is 1.87. The third-order valence-electron chi connectivity index (χ3n) is 1.30. The lowest BCUT2D eigenvalue weighted by Gasteiger charge is -1.89. The lowest BCUT2D eigenvalue weighted by Crippen LogP contribution is -2.24. The molecule has 0 spiro atoms. The van der Waals surface area contributed by atoms with E-state index in [0.717, 1.165) is 23.0 Å². The Morgan fingerprint density at radius 2 is 2.56 bits per heavy atom. The number of hydrogen-bond donors (Lipinski definition) is 0. The summed E-state index contributed by atoms with van der Waals surface area (Å²) in [6, 6.07) is 0. The first-order valence-corrected chi connectivity index (χ1v) is 3.79. The Balaban J connectivity index is 2.89. The van der Waals surface area contributed by atoms with Gasteiger partial charge in [-0.05, 0) is 6.42 Å². The fourth-order valence-electron chi connectivity index (χ4n) is 0.874. The first-order valence-electron chi connectivity index (χ1n) is 2.91. The fourth-order valence-corrected chi connectivity index (χ4v) is 1.56. The predicted molar refractivity (Wildman–Crippen MR) is 36.8 cm³/mol. The van der Waals surface area contributed by atoms with Crippen LogP contribution in [-0.2, 0) is 0 Å². The summed E-state index contributed by atoms with van der Waals surface area (Å²) in [5.41, 5.74) is 1.84. The van der Waals surface area contributed by atoms with E-state index in [1.54, 1.807) is 11.3 Å². The maximum Gasteiger partial charge on any atom is 0.137 e. The zero-order valence-electron chi connectivity index (χ0n) is 4.87. The first kappa shape index (κ1) is 5.11. The van der Waals surface area contributed by atoms with Crippen LogP contribution < -0.4 is 10.0 Å². The van der Waals surface area contributed by atoms with Crippen LogP contribution in [0.1, 0.15) is 6.42 Å². The van der Waals surface area contributed by atoms with Gasteiger partial charge in [0, 0.05) is 6.54 Å². The molecule has 1 aromatic heterocycles. The monoisotopic (exact) mass is 138 g/mol. The second-order valence-electron chi connectivity index (χ2n) is 1.92. The number of hydrogen-bond acceptors (Lipinski definition) is 3. The normalized spacial score (nSPS) is 15.6. The van der Waals surface area contributed by atoms with Crippen LogP contribution in [0, 0.1) is 0 Å². The van der Waals surface area contributed by atoms with Gasteiger partial charge >= 0.3 is 0 Å². The number of rotatable bonds is 0. The SMILES string of the molecule is C1=c2ncsc2=NCC1. The Hall–Kier alpha value is -0.700. The summed E-state index contributed by atoms with van der Waals surface area (Å²) < 4.78 is 1.10. The van der Waals surface area contributed by atoms with E-state index in [4.69, 9.17) is 0 Å². The third kappa shape index (κ3) is 0.772. The van der Waals surface area contributed by atoms with Gasteiger partial charge in [-0.3, -0.25) is 4.99 Å². The van der Waals surface area contributed by atoms with Gasteiger partial charge < -0.3 is 0 Å². The maximum atomic E-state index is 4.28. The summed E-state index contributed by atoms with van der Waals surface area (Å²) in [7, 11) is 0. The minimum absolute atomic E-state index is 0.940. The Morgan fingerprint density at radius 3 is 3.44 bits per heavy atom. The zero-order valence-corrected chi connectivity index (χ0v) is 5.69. The fraction of sp³-hybridized carbons (Fsp3) is 0.333. The molecule has 0 aromatic carbocycles. The van der Waals surface area contributed by atoms with Crippen LogP contribution in [0.25, 0.3) is 6.08 Å². The largest absolute Gasteiger partial charge is 0.272 e. The minimum Gasteiger partial charge on any atom is -0.272 e. The van der Waals surface area contributed by atoms with Crippen molar-refractivity contribution < 1.29 is 0 Å². The smallest absolute Gasteiger partial charge is 0.137 e. The molecule has 9 heavy (non-hydrogen) atoms. The molecule has 0 unspecified atom stereocenters. The molecule has 0 N–H and O–H groups in total. The van der Waals surface area contributed by atoms with Crippen LogP contribution in [0.5, 0.6) is 0 Å². The highest BCUT2D eigenvalue weighted by atomic mass is 32.1. The van der Waals surface area contributed by atoms with Gasteiger partial charge in [0.1, 0.15) is 4.67 Å². The van der Waals surface area contributed by atoms with Crippen LogP contribution in [0.3, 0.4) is 0 Å². The Kier molecular flexibility index (Phi) is 1.09. The highest BCUT2D eigenvalue weighted by Gasteiger charge is 1.93. The molecule has 3 heteroatoms. The van der Waals surface area contributed by atoms with Crippen LogP contribution in [0.4, 0.5) is 0 Å². The summed E-state index contributed by atoms with van der Waals surface area (Å²) in [6.07, 6.45) is 3.19. The second kappa shape index (κ2) is 1.92. The molecule has 2 nitrogen and oxygen atoms in total. The van der Waals surface area contributed by atoms with Crippen molar-refractivity contribution in [3.05, 3.63) is 15.5 Å². The molecule has 0 atom stereocenters. The maximum absolute atomic E-state index is 4.28. The topological polar surface area (TPSA) is 25.2 Å². The average Bonchev–Trinajstić information content (AvgIpc) is 2.33. The first-order chi connectivity index (χ1) is 4.47. The molecule has 2 rings (SSSR count). The Morgan fingerprint density at radius 1 is 1.56 bits per heavy atom. The molecule has 0 saturated heterocycles. The standard InChI is InChI=1S/C6H6N2S/c1-2-5-6(7-3-1)9-4-8-5/h2,4H,1,3H2. The van der Waals surface area contributed by atoms with E-state index < -0.39 is 0 Å². The molecule has 0 bridgehead atoms. The lowest BCUT2D eigenvalue weighted by atomic mass is 10.3. The quantitative estimate of drug-likeness (QED) is 0.493. The molecule has 1 aliphatic heterocycles. The van der Waals surface area contributed by atoms with E-state index in [9.17, 15) is 0 Å². The Bertz CT molecular complexity index is 282. The summed E-state index contributed by atoms with van der Waals surface area (Å²) in [6.45, 7) is 0.940. The zero-order chi connectivity index (χ0) is 6.10. The van der Waals surface area contributed by atoms with Gasteiger partial charge in [0.25, 0.3) is 0 Å². The second-order valence-corrected chi connectivity index (χ2v) is 2.75. The molecular formula is C6H6N2S. The van der Waals surface area contributed by atoms with E-state index in [1.165, 1.54) is 0 Å². The van der Waals surface area contributed by atoms with Gasteiger partial charge in [-0.15, -0.1) is 11.3 Å². The van der Waals surface area contributed by atoms with Crippen LogP contribution in [0.15, 0.2) is 10.5 Å². The van der Waals surface area contributed by atoms with Crippen molar-refractivity contribution in [2.45, 2.75) is 6.42 Å². The molecule has 0 aliphatic carbocycles. The van der Waals surface area contributed by atoms with Crippen molar-refractivity contribution in [1.29, 1.82) is 0 Å². The van der Waals surface area contributed by atoms with E-state index in [2.05, 4.69) is 16.1 Å². The van der Waals surface area contributed by atoms with E-state index >= 15 is 0 Å². The summed E-state index contributed by atoms with van der Waals surface area (Å²) >= 11 is 1.62. The molecular weight excluding hydrogens is 132 g/mol. The van der Waals surface area contributed by atoms with E-state index in [0.29, 0.717) is 0 Å². The van der Waals surface area contributed by atoms with E-state index in [-0.39, 0.29) is 0 Å². The average molecular weight is 138 g/mol. The van der Waals surface area contributed by atoms with Gasteiger partial charge in [-0.2, -0.15) is 0 Å². The predicted octanol–water partition coefficient (Wildman–Crippen LogP) is -0.0531. The highest BCUT2D eigenvalue weighted by molar-refractivity contribution is 7.07. The minimum atomic E-state index is 0.940. The van der Waals surface area contributed by atoms with Crippen LogP contribution in [-0.4, -0.2) is 11.5 Å². The molecule has 2 heterocycles. The summed E-state index contributed by atoms with van der Waals surface area (Å²) in [5, 5.41) is 1.08. The molecule has 46 valence electrons. The number of fused-ring (bicyclic) bond motifs is 1. The van der Waals surface area contributed by atoms with Crippen LogP contribution >= 0.6 is 11.3 Å². The molecule has 1 aromatic rings. The van der Waals surface area contributed by atoms with Gasteiger partial charge in [0.2, 0.25) is 0 Å². The van der Waals surface area contributed by atoms with Crippen molar-refractivity contribution in [3.8, 4) is 0 Å². The van der Waals surface area contributed by atoms with Crippen molar-refractivity contribution in [1.82, 2.24) is 4.98 Å². The number of nitrogens with zero attached hydrogens (tertiary/aromatic N) is 2. The number of aromatic nitrogens is 1.